The lowest BCUT2D eigenvalue weighted by Crippen LogP contribution is -2.27. The van der Waals surface area contributed by atoms with Crippen LogP contribution < -0.4 is 15.0 Å². The van der Waals surface area contributed by atoms with Crippen LogP contribution in [0.25, 0.3) is 32.4 Å². The largest absolute Gasteiger partial charge is 0.493 e. The van der Waals surface area contributed by atoms with E-state index in [0.29, 0.717) is 23.4 Å². The molecule has 0 aliphatic carbocycles. The van der Waals surface area contributed by atoms with Gasteiger partial charge in [-0.3, -0.25) is 9.78 Å². The summed E-state index contributed by atoms with van der Waals surface area (Å²) >= 11 is 0. The van der Waals surface area contributed by atoms with Gasteiger partial charge in [0.05, 0.1) is 25.1 Å². The van der Waals surface area contributed by atoms with E-state index in [1.165, 1.54) is 0 Å². The molecule has 2 aromatic heterocycles. The van der Waals surface area contributed by atoms with E-state index >= 15 is 0 Å². The Kier molecular flexibility index (Phi) is 4.65. The van der Waals surface area contributed by atoms with Crippen LogP contribution in [0.3, 0.4) is 0 Å². The zero-order valence-corrected chi connectivity index (χ0v) is 16.5. The van der Waals surface area contributed by atoms with Gasteiger partial charge in [-0.2, -0.15) is 0 Å². The number of hydrogen-bond donors (Lipinski definition) is 0. The van der Waals surface area contributed by atoms with Crippen LogP contribution in [0.5, 0.6) is 11.5 Å². The van der Waals surface area contributed by atoms with Gasteiger partial charge in [-0.15, -0.1) is 0 Å². The third kappa shape index (κ3) is 2.86. The standard InChI is InChI=1S/C22H23N3O3/c1-24(2)9-10-25-21-15-7-8-23-13-14(15)5-6-16(21)17-11-19(27-3)20(28-4)12-18(17)22(25)26/h5-8,11-13H,9-10H2,1-4H3. The van der Waals surface area contributed by atoms with Crippen molar-refractivity contribution in [3.63, 3.8) is 0 Å². The van der Waals surface area contributed by atoms with Crippen molar-refractivity contribution in [2.45, 2.75) is 6.54 Å². The molecule has 28 heavy (non-hydrogen) atoms. The highest BCUT2D eigenvalue weighted by molar-refractivity contribution is 6.15. The second-order valence-corrected chi connectivity index (χ2v) is 7.07. The first kappa shape index (κ1) is 18.3. The molecule has 0 bridgehead atoms. The van der Waals surface area contributed by atoms with Crippen LogP contribution in [0.2, 0.25) is 0 Å². The maximum Gasteiger partial charge on any atom is 0.259 e. The molecule has 0 aliphatic rings. The van der Waals surface area contributed by atoms with Gasteiger partial charge < -0.3 is 18.9 Å². The van der Waals surface area contributed by atoms with Crippen LogP contribution in [-0.2, 0) is 6.54 Å². The normalized spacial score (nSPS) is 11.6. The summed E-state index contributed by atoms with van der Waals surface area (Å²) in [5.74, 6) is 1.16. The molecule has 0 amide bonds. The molecular formula is C22H23N3O3. The van der Waals surface area contributed by atoms with E-state index in [4.69, 9.17) is 9.47 Å². The molecule has 0 saturated heterocycles. The summed E-state index contributed by atoms with van der Waals surface area (Å²) in [6, 6.07) is 9.73. The van der Waals surface area contributed by atoms with Crippen LogP contribution in [0.4, 0.5) is 0 Å². The number of pyridine rings is 2. The number of benzene rings is 2. The summed E-state index contributed by atoms with van der Waals surface area (Å²) in [5, 5.41) is 4.51. The molecule has 0 atom stereocenters. The van der Waals surface area contributed by atoms with E-state index in [1.54, 1.807) is 26.5 Å². The third-order valence-corrected chi connectivity index (χ3v) is 5.12. The molecule has 6 nitrogen and oxygen atoms in total. The van der Waals surface area contributed by atoms with Crippen LogP contribution >= 0.6 is 0 Å². The van der Waals surface area contributed by atoms with Crippen LogP contribution in [0.15, 0.2) is 47.5 Å². The molecule has 0 spiro atoms. The fraction of sp³-hybridized carbons (Fsp3) is 0.273. The van der Waals surface area contributed by atoms with E-state index < -0.39 is 0 Å². The SMILES string of the molecule is COc1cc2c(=O)n(CCN(C)C)c3c4ccncc4ccc3c2cc1OC. The molecular weight excluding hydrogens is 354 g/mol. The fourth-order valence-corrected chi connectivity index (χ4v) is 3.70. The lowest BCUT2D eigenvalue weighted by Gasteiger charge is -2.18. The van der Waals surface area contributed by atoms with Gasteiger partial charge in [0.2, 0.25) is 0 Å². The minimum absolute atomic E-state index is 0.0328. The molecule has 4 rings (SSSR count). The molecule has 2 heterocycles. The number of rotatable bonds is 5. The predicted octanol–water partition coefficient (Wildman–Crippen LogP) is 3.28. The minimum atomic E-state index is -0.0328. The second kappa shape index (κ2) is 7.13. The highest BCUT2D eigenvalue weighted by Gasteiger charge is 2.17. The highest BCUT2D eigenvalue weighted by Crippen LogP contribution is 2.36. The molecule has 4 aromatic rings. The topological polar surface area (TPSA) is 56.6 Å². The molecule has 0 fully saturated rings. The molecule has 0 N–H and O–H groups in total. The molecule has 0 unspecified atom stereocenters. The zero-order valence-electron chi connectivity index (χ0n) is 16.5. The van der Waals surface area contributed by atoms with Crippen molar-refractivity contribution < 1.29 is 9.47 Å². The Morgan fingerprint density at radius 1 is 0.964 bits per heavy atom. The van der Waals surface area contributed by atoms with Crippen molar-refractivity contribution in [3.05, 3.63) is 53.1 Å². The minimum Gasteiger partial charge on any atom is -0.493 e. The summed E-state index contributed by atoms with van der Waals surface area (Å²) in [7, 11) is 7.19. The number of hydrogen-bond acceptors (Lipinski definition) is 5. The Morgan fingerprint density at radius 3 is 2.36 bits per heavy atom. The van der Waals surface area contributed by atoms with E-state index in [0.717, 1.165) is 33.6 Å². The summed E-state index contributed by atoms with van der Waals surface area (Å²) < 4.78 is 12.8. The first-order chi connectivity index (χ1) is 13.5. The lowest BCUT2D eigenvalue weighted by molar-refractivity contribution is 0.356. The van der Waals surface area contributed by atoms with Gasteiger partial charge in [0, 0.05) is 47.0 Å². The summed E-state index contributed by atoms with van der Waals surface area (Å²) in [5.41, 5.74) is 0.890. The van der Waals surface area contributed by atoms with Gasteiger partial charge in [-0.1, -0.05) is 12.1 Å². The third-order valence-electron chi connectivity index (χ3n) is 5.12. The lowest BCUT2D eigenvalue weighted by atomic mass is 10.0. The summed E-state index contributed by atoms with van der Waals surface area (Å²) in [6.07, 6.45) is 3.59. The van der Waals surface area contributed by atoms with Crippen LogP contribution in [0.1, 0.15) is 0 Å². The Labute approximate surface area is 162 Å². The smallest absolute Gasteiger partial charge is 0.259 e. The molecule has 0 radical (unpaired) electrons. The molecule has 144 valence electrons. The molecule has 0 saturated carbocycles. The predicted molar refractivity (Wildman–Crippen MR) is 113 cm³/mol. The number of fused-ring (bicyclic) bond motifs is 5. The Hall–Kier alpha value is -3.12. The van der Waals surface area contributed by atoms with Gasteiger partial charge in [0.25, 0.3) is 5.56 Å². The van der Waals surface area contributed by atoms with E-state index in [9.17, 15) is 4.79 Å². The molecule has 6 heteroatoms. The number of nitrogens with zero attached hydrogens (tertiary/aromatic N) is 3. The van der Waals surface area contributed by atoms with Crippen molar-refractivity contribution in [1.29, 1.82) is 0 Å². The maximum atomic E-state index is 13.5. The van der Waals surface area contributed by atoms with Gasteiger partial charge in [-0.05, 0) is 32.3 Å². The molecule has 2 aromatic carbocycles. The van der Waals surface area contributed by atoms with E-state index in [2.05, 4.69) is 16.0 Å². The van der Waals surface area contributed by atoms with Crippen molar-refractivity contribution in [1.82, 2.24) is 14.5 Å². The monoisotopic (exact) mass is 377 g/mol. The van der Waals surface area contributed by atoms with Gasteiger partial charge in [0.15, 0.2) is 11.5 Å². The Balaban J connectivity index is 2.20. The van der Waals surface area contributed by atoms with E-state index in [1.807, 2.05) is 43.1 Å². The van der Waals surface area contributed by atoms with Gasteiger partial charge >= 0.3 is 0 Å². The number of aromatic nitrogens is 2. The quantitative estimate of drug-likeness (QED) is 0.500. The number of methoxy groups -OCH3 is 2. The van der Waals surface area contributed by atoms with Crippen molar-refractivity contribution in [2.24, 2.45) is 0 Å². The maximum absolute atomic E-state index is 13.5. The average molecular weight is 377 g/mol. The number of ether oxygens (including phenoxy) is 2. The van der Waals surface area contributed by atoms with Crippen LogP contribution in [-0.4, -0.2) is 49.3 Å². The van der Waals surface area contributed by atoms with Crippen molar-refractivity contribution in [3.8, 4) is 11.5 Å². The second-order valence-electron chi connectivity index (χ2n) is 7.07. The van der Waals surface area contributed by atoms with Gasteiger partial charge in [-0.25, -0.2) is 0 Å². The Bertz CT molecular complexity index is 1240. The van der Waals surface area contributed by atoms with E-state index in [-0.39, 0.29) is 5.56 Å². The highest BCUT2D eigenvalue weighted by atomic mass is 16.5. The van der Waals surface area contributed by atoms with Crippen LogP contribution in [0, 0.1) is 0 Å². The first-order valence-corrected chi connectivity index (χ1v) is 9.15. The first-order valence-electron chi connectivity index (χ1n) is 9.15. The summed E-state index contributed by atoms with van der Waals surface area (Å²) in [4.78, 5) is 19.8. The average Bonchev–Trinajstić information content (AvgIpc) is 2.72. The zero-order chi connectivity index (χ0) is 19.8. The number of likely N-dealkylation sites (N-methyl/N-ethyl adjacent to an activating group) is 1. The molecule has 0 aliphatic heterocycles. The summed E-state index contributed by atoms with van der Waals surface area (Å²) in [6.45, 7) is 1.35. The van der Waals surface area contributed by atoms with Crippen molar-refractivity contribution >= 4 is 32.4 Å². The Morgan fingerprint density at radius 2 is 1.68 bits per heavy atom. The van der Waals surface area contributed by atoms with Gasteiger partial charge in [0.1, 0.15) is 0 Å². The van der Waals surface area contributed by atoms with Crippen molar-refractivity contribution in [2.75, 3.05) is 34.9 Å². The fourth-order valence-electron chi connectivity index (χ4n) is 3.70.